The van der Waals surface area contributed by atoms with Crippen LogP contribution in [-0.4, -0.2) is 32.1 Å². The average Bonchev–Trinajstić information content (AvgIpc) is 2.46. The SMILES string of the molecule is CC(C)Oc1ccc(CNc2cnc(C(=O)O)cn2)cn1. The topological polar surface area (TPSA) is 97.2 Å². The van der Waals surface area contributed by atoms with Crippen LogP contribution < -0.4 is 10.1 Å². The average molecular weight is 288 g/mol. The molecule has 2 rings (SSSR count). The van der Waals surface area contributed by atoms with Crippen molar-refractivity contribution in [2.24, 2.45) is 0 Å². The molecular formula is C14H16N4O3. The van der Waals surface area contributed by atoms with E-state index in [2.05, 4.69) is 20.3 Å². The number of ether oxygens (including phenoxy) is 1. The molecule has 0 aliphatic carbocycles. The third kappa shape index (κ3) is 4.41. The Morgan fingerprint density at radius 3 is 2.57 bits per heavy atom. The molecule has 110 valence electrons. The fourth-order valence-electron chi connectivity index (χ4n) is 1.55. The molecule has 21 heavy (non-hydrogen) atoms. The summed E-state index contributed by atoms with van der Waals surface area (Å²) in [5.41, 5.74) is 0.868. The lowest BCUT2D eigenvalue weighted by molar-refractivity contribution is 0.0690. The summed E-state index contributed by atoms with van der Waals surface area (Å²) in [5, 5.41) is 11.8. The zero-order valence-corrected chi connectivity index (χ0v) is 11.8. The number of nitrogens with zero attached hydrogens (tertiary/aromatic N) is 3. The number of carboxylic acid groups (broad SMARTS) is 1. The van der Waals surface area contributed by atoms with Crippen molar-refractivity contribution in [2.75, 3.05) is 5.32 Å². The van der Waals surface area contributed by atoms with Crippen LogP contribution in [0, 0.1) is 0 Å². The number of rotatable bonds is 6. The lowest BCUT2D eigenvalue weighted by atomic mass is 10.3. The molecule has 0 aliphatic heterocycles. The highest BCUT2D eigenvalue weighted by atomic mass is 16.5. The second kappa shape index (κ2) is 6.65. The van der Waals surface area contributed by atoms with Gasteiger partial charge >= 0.3 is 5.97 Å². The van der Waals surface area contributed by atoms with E-state index >= 15 is 0 Å². The zero-order valence-electron chi connectivity index (χ0n) is 11.8. The van der Waals surface area contributed by atoms with Gasteiger partial charge in [-0.05, 0) is 19.4 Å². The molecule has 2 aromatic rings. The van der Waals surface area contributed by atoms with Crippen molar-refractivity contribution in [1.29, 1.82) is 0 Å². The van der Waals surface area contributed by atoms with Gasteiger partial charge in [0.15, 0.2) is 5.69 Å². The Morgan fingerprint density at radius 1 is 1.24 bits per heavy atom. The summed E-state index contributed by atoms with van der Waals surface area (Å²) in [7, 11) is 0. The highest BCUT2D eigenvalue weighted by Gasteiger charge is 2.05. The van der Waals surface area contributed by atoms with Crippen molar-refractivity contribution in [3.05, 3.63) is 42.0 Å². The number of pyridine rings is 1. The Labute approximate surface area is 122 Å². The van der Waals surface area contributed by atoms with E-state index in [1.165, 1.54) is 12.4 Å². The van der Waals surface area contributed by atoms with E-state index in [0.29, 0.717) is 18.2 Å². The van der Waals surface area contributed by atoms with Crippen molar-refractivity contribution in [3.63, 3.8) is 0 Å². The molecular weight excluding hydrogens is 272 g/mol. The Balaban J connectivity index is 1.91. The van der Waals surface area contributed by atoms with Gasteiger partial charge in [-0.2, -0.15) is 0 Å². The molecule has 2 heterocycles. The summed E-state index contributed by atoms with van der Waals surface area (Å²) in [5.74, 6) is -0.0131. The first-order valence-corrected chi connectivity index (χ1v) is 6.45. The summed E-state index contributed by atoms with van der Waals surface area (Å²) in [6.45, 7) is 4.39. The number of carbonyl (C=O) groups is 1. The van der Waals surface area contributed by atoms with E-state index < -0.39 is 5.97 Å². The molecule has 7 heteroatoms. The summed E-state index contributed by atoms with van der Waals surface area (Å²) in [6.07, 6.45) is 4.39. The first kappa shape index (κ1) is 14.7. The number of aromatic carboxylic acids is 1. The van der Waals surface area contributed by atoms with Crippen LogP contribution in [0.3, 0.4) is 0 Å². The number of nitrogens with one attached hydrogen (secondary N) is 1. The zero-order chi connectivity index (χ0) is 15.2. The fourth-order valence-corrected chi connectivity index (χ4v) is 1.55. The van der Waals surface area contributed by atoms with Crippen molar-refractivity contribution >= 4 is 11.8 Å². The van der Waals surface area contributed by atoms with Crippen LogP contribution in [0.2, 0.25) is 0 Å². The summed E-state index contributed by atoms with van der Waals surface area (Å²) >= 11 is 0. The van der Waals surface area contributed by atoms with Gasteiger partial charge < -0.3 is 15.2 Å². The van der Waals surface area contributed by atoms with Gasteiger partial charge in [0.2, 0.25) is 5.88 Å². The van der Waals surface area contributed by atoms with E-state index in [0.717, 1.165) is 5.56 Å². The van der Waals surface area contributed by atoms with E-state index in [9.17, 15) is 4.79 Å². The molecule has 2 N–H and O–H groups in total. The second-order valence-electron chi connectivity index (χ2n) is 4.62. The summed E-state index contributed by atoms with van der Waals surface area (Å²) < 4.78 is 5.46. The van der Waals surface area contributed by atoms with E-state index in [1.807, 2.05) is 19.9 Å². The molecule has 0 saturated carbocycles. The molecule has 2 aromatic heterocycles. The second-order valence-corrected chi connectivity index (χ2v) is 4.62. The monoisotopic (exact) mass is 288 g/mol. The van der Waals surface area contributed by atoms with E-state index in [1.54, 1.807) is 12.3 Å². The Hall–Kier alpha value is -2.70. The minimum atomic E-state index is -1.10. The van der Waals surface area contributed by atoms with E-state index in [4.69, 9.17) is 9.84 Å². The molecule has 0 saturated heterocycles. The number of aromatic nitrogens is 3. The molecule has 0 atom stereocenters. The lowest BCUT2D eigenvalue weighted by Crippen LogP contribution is -2.08. The molecule has 0 radical (unpaired) electrons. The van der Waals surface area contributed by atoms with E-state index in [-0.39, 0.29) is 11.8 Å². The lowest BCUT2D eigenvalue weighted by Gasteiger charge is -2.09. The molecule has 0 amide bonds. The Bertz CT molecular complexity index is 597. The fraction of sp³-hybridized carbons (Fsp3) is 0.286. The van der Waals surface area contributed by atoms with Crippen molar-refractivity contribution in [1.82, 2.24) is 15.0 Å². The van der Waals surface area contributed by atoms with Crippen LogP contribution >= 0.6 is 0 Å². The van der Waals surface area contributed by atoms with Crippen molar-refractivity contribution in [2.45, 2.75) is 26.5 Å². The summed E-state index contributed by atoms with van der Waals surface area (Å²) in [6, 6.07) is 3.70. The van der Waals surface area contributed by atoms with Crippen LogP contribution in [0.15, 0.2) is 30.7 Å². The minimum Gasteiger partial charge on any atom is -0.476 e. The number of carboxylic acids is 1. The highest BCUT2D eigenvalue weighted by molar-refractivity contribution is 5.84. The van der Waals surface area contributed by atoms with Gasteiger partial charge in [0, 0.05) is 18.8 Å². The van der Waals surface area contributed by atoms with Gasteiger partial charge in [-0.15, -0.1) is 0 Å². The Kier molecular flexibility index (Phi) is 4.65. The molecule has 0 bridgehead atoms. The van der Waals surface area contributed by atoms with Crippen LogP contribution in [-0.2, 0) is 6.54 Å². The smallest absolute Gasteiger partial charge is 0.356 e. The van der Waals surface area contributed by atoms with Gasteiger partial charge in [-0.1, -0.05) is 6.07 Å². The Morgan fingerprint density at radius 2 is 2.05 bits per heavy atom. The quantitative estimate of drug-likeness (QED) is 0.838. The van der Waals surface area contributed by atoms with Crippen molar-refractivity contribution < 1.29 is 14.6 Å². The van der Waals surface area contributed by atoms with Gasteiger partial charge in [0.1, 0.15) is 5.82 Å². The van der Waals surface area contributed by atoms with Crippen LogP contribution in [0.4, 0.5) is 5.82 Å². The standard InChI is InChI=1S/C14H16N4O3/c1-9(2)21-13-4-3-10(6-18-13)5-16-12-8-15-11(7-17-12)14(19)20/h3-4,6-9H,5H2,1-2H3,(H,16,17)(H,19,20). The van der Waals surface area contributed by atoms with Gasteiger partial charge in [0.05, 0.1) is 18.5 Å². The maximum atomic E-state index is 10.7. The molecule has 0 aliphatic rings. The number of hydrogen-bond donors (Lipinski definition) is 2. The van der Waals surface area contributed by atoms with Gasteiger partial charge in [-0.3, -0.25) is 0 Å². The minimum absolute atomic E-state index is 0.0857. The molecule has 7 nitrogen and oxygen atoms in total. The first-order valence-electron chi connectivity index (χ1n) is 6.45. The predicted molar refractivity (Wildman–Crippen MR) is 76.3 cm³/mol. The van der Waals surface area contributed by atoms with Crippen LogP contribution in [0.1, 0.15) is 29.9 Å². The first-order chi connectivity index (χ1) is 10.0. The maximum absolute atomic E-state index is 10.7. The number of hydrogen-bond acceptors (Lipinski definition) is 6. The van der Waals surface area contributed by atoms with Crippen LogP contribution in [0.25, 0.3) is 0 Å². The normalized spacial score (nSPS) is 10.4. The highest BCUT2D eigenvalue weighted by Crippen LogP contribution is 2.11. The molecule has 0 spiro atoms. The third-order valence-electron chi connectivity index (χ3n) is 2.50. The molecule has 0 unspecified atom stereocenters. The van der Waals surface area contributed by atoms with Gasteiger partial charge in [0.25, 0.3) is 0 Å². The number of anilines is 1. The maximum Gasteiger partial charge on any atom is 0.356 e. The molecule has 0 aromatic carbocycles. The largest absolute Gasteiger partial charge is 0.476 e. The van der Waals surface area contributed by atoms with Gasteiger partial charge in [-0.25, -0.2) is 19.7 Å². The molecule has 0 fully saturated rings. The predicted octanol–water partition coefficient (Wildman–Crippen LogP) is 1.97. The summed E-state index contributed by atoms with van der Waals surface area (Å²) in [4.78, 5) is 22.6. The van der Waals surface area contributed by atoms with Crippen LogP contribution in [0.5, 0.6) is 5.88 Å². The van der Waals surface area contributed by atoms with Crippen molar-refractivity contribution in [3.8, 4) is 5.88 Å². The third-order valence-corrected chi connectivity index (χ3v) is 2.50.